The number of carbonyl (C=O) groups is 1. The van der Waals surface area contributed by atoms with Crippen molar-refractivity contribution in [3.63, 3.8) is 0 Å². The molecule has 0 spiro atoms. The number of hydrogen-bond donors (Lipinski definition) is 2. The highest BCUT2D eigenvalue weighted by atomic mass is 19.1. The van der Waals surface area contributed by atoms with Crippen LogP contribution in [0, 0.1) is 5.95 Å². The van der Waals surface area contributed by atoms with Crippen LogP contribution in [-0.4, -0.2) is 23.5 Å². The molecule has 0 aliphatic rings. The second kappa shape index (κ2) is 6.17. The summed E-state index contributed by atoms with van der Waals surface area (Å²) >= 11 is 0. The molecule has 1 aromatic heterocycles. The highest BCUT2D eigenvalue weighted by molar-refractivity contribution is 5.90. The van der Waals surface area contributed by atoms with E-state index in [9.17, 15) is 9.18 Å². The van der Waals surface area contributed by atoms with Crippen molar-refractivity contribution < 1.29 is 9.18 Å². The van der Waals surface area contributed by atoms with Crippen molar-refractivity contribution >= 4 is 11.6 Å². The number of hydrogen-bond acceptors (Lipinski definition) is 3. The molecule has 1 rings (SSSR count). The number of rotatable bonds is 5. The molecule has 0 saturated carbocycles. The Bertz CT molecular complexity index is 340. The van der Waals surface area contributed by atoms with E-state index in [-0.39, 0.29) is 11.9 Å². The van der Waals surface area contributed by atoms with Crippen molar-refractivity contribution in [2.75, 3.05) is 11.9 Å². The number of carbonyl (C=O) groups excluding carboxylic acids is 1. The molecule has 1 unspecified atom stereocenters. The van der Waals surface area contributed by atoms with Crippen molar-refractivity contribution in [2.45, 2.75) is 26.3 Å². The van der Waals surface area contributed by atoms with E-state index in [4.69, 9.17) is 0 Å². The fraction of sp³-hybridized carbons (Fsp3) is 0.455. The minimum absolute atomic E-state index is 0.109. The summed E-state index contributed by atoms with van der Waals surface area (Å²) < 4.78 is 12.5. The van der Waals surface area contributed by atoms with E-state index in [0.717, 1.165) is 6.54 Å². The number of halogens is 1. The Morgan fingerprint density at radius 3 is 2.88 bits per heavy atom. The first kappa shape index (κ1) is 12.6. The molecule has 16 heavy (non-hydrogen) atoms. The molecule has 0 aliphatic heterocycles. The summed E-state index contributed by atoms with van der Waals surface area (Å²) in [5.74, 6) is -0.666. The lowest BCUT2D eigenvalue weighted by Gasteiger charge is -2.11. The lowest BCUT2D eigenvalue weighted by Crippen LogP contribution is -2.30. The largest absolute Gasteiger partial charge is 0.325 e. The van der Waals surface area contributed by atoms with E-state index >= 15 is 0 Å². The number of amides is 1. The zero-order valence-electron chi connectivity index (χ0n) is 9.46. The van der Waals surface area contributed by atoms with Crippen LogP contribution in [-0.2, 0) is 4.79 Å². The summed E-state index contributed by atoms with van der Waals surface area (Å²) in [5, 5.41) is 5.79. The molecule has 0 aliphatic carbocycles. The van der Waals surface area contributed by atoms with Crippen LogP contribution < -0.4 is 10.6 Å². The van der Waals surface area contributed by atoms with Gasteiger partial charge < -0.3 is 10.6 Å². The van der Waals surface area contributed by atoms with Gasteiger partial charge >= 0.3 is 0 Å². The fourth-order valence-corrected chi connectivity index (χ4v) is 1.36. The minimum atomic E-state index is -0.556. The molecule has 5 heteroatoms. The summed E-state index contributed by atoms with van der Waals surface area (Å²) in [7, 11) is 0. The number of nitrogens with zero attached hydrogens (tertiary/aromatic N) is 1. The topological polar surface area (TPSA) is 54.0 Å². The second-order valence-electron chi connectivity index (χ2n) is 3.58. The van der Waals surface area contributed by atoms with E-state index in [0.29, 0.717) is 12.1 Å². The van der Waals surface area contributed by atoms with E-state index in [1.165, 1.54) is 18.3 Å². The van der Waals surface area contributed by atoms with Gasteiger partial charge in [0.1, 0.15) is 0 Å². The zero-order chi connectivity index (χ0) is 12.0. The van der Waals surface area contributed by atoms with Gasteiger partial charge in [-0.2, -0.15) is 4.39 Å². The Morgan fingerprint density at radius 2 is 2.31 bits per heavy atom. The molecule has 0 saturated heterocycles. The third kappa shape index (κ3) is 4.35. The molecule has 2 N–H and O–H groups in total. The first-order chi connectivity index (χ1) is 7.61. The fourth-order valence-electron chi connectivity index (χ4n) is 1.36. The van der Waals surface area contributed by atoms with Gasteiger partial charge in [-0.1, -0.05) is 6.92 Å². The maximum absolute atomic E-state index is 12.5. The van der Waals surface area contributed by atoms with Crippen molar-refractivity contribution in [1.29, 1.82) is 0 Å². The predicted octanol–water partition coefficient (Wildman–Crippen LogP) is 1.55. The van der Waals surface area contributed by atoms with Crippen molar-refractivity contribution in [1.82, 2.24) is 10.3 Å². The van der Waals surface area contributed by atoms with Gasteiger partial charge in [0.2, 0.25) is 11.9 Å². The normalized spacial score (nSPS) is 12.2. The van der Waals surface area contributed by atoms with Crippen LogP contribution in [0.4, 0.5) is 10.1 Å². The van der Waals surface area contributed by atoms with Gasteiger partial charge in [0.05, 0.1) is 11.9 Å². The average Bonchev–Trinajstić information content (AvgIpc) is 2.21. The maximum atomic E-state index is 12.5. The average molecular weight is 225 g/mol. The van der Waals surface area contributed by atoms with Crippen LogP contribution in [0.5, 0.6) is 0 Å². The third-order valence-electron chi connectivity index (χ3n) is 2.06. The van der Waals surface area contributed by atoms with Gasteiger partial charge in [-0.25, -0.2) is 4.98 Å². The molecular weight excluding hydrogens is 209 g/mol. The van der Waals surface area contributed by atoms with Crippen molar-refractivity contribution in [3.8, 4) is 0 Å². The Hall–Kier alpha value is -1.49. The molecule has 1 amide bonds. The van der Waals surface area contributed by atoms with Gasteiger partial charge in [-0.3, -0.25) is 4.79 Å². The van der Waals surface area contributed by atoms with Gasteiger partial charge in [-0.15, -0.1) is 0 Å². The van der Waals surface area contributed by atoms with E-state index in [2.05, 4.69) is 15.6 Å². The van der Waals surface area contributed by atoms with Crippen molar-refractivity contribution in [2.24, 2.45) is 0 Å². The highest BCUT2D eigenvalue weighted by Crippen LogP contribution is 2.06. The van der Waals surface area contributed by atoms with Gasteiger partial charge in [-0.05, 0) is 25.6 Å². The van der Waals surface area contributed by atoms with Gasteiger partial charge in [0.25, 0.3) is 0 Å². The molecule has 0 fully saturated rings. The second-order valence-corrected chi connectivity index (χ2v) is 3.58. The summed E-state index contributed by atoms with van der Waals surface area (Å²) in [6, 6.07) is 2.82. The molecular formula is C11H16FN3O. The minimum Gasteiger partial charge on any atom is -0.325 e. The van der Waals surface area contributed by atoms with E-state index in [1.54, 1.807) is 0 Å². The Balaban J connectivity index is 2.42. The standard InChI is InChI=1S/C11H16FN3O/c1-3-13-8(2)6-11(16)15-9-4-5-10(12)14-7-9/h4-5,7-8,13H,3,6H2,1-2H3,(H,15,16). The summed E-state index contributed by atoms with van der Waals surface area (Å²) in [4.78, 5) is 15.0. The van der Waals surface area contributed by atoms with Crippen LogP contribution in [0.15, 0.2) is 18.3 Å². The van der Waals surface area contributed by atoms with E-state index < -0.39 is 5.95 Å². The number of nitrogens with one attached hydrogen (secondary N) is 2. The maximum Gasteiger partial charge on any atom is 0.225 e. The number of aromatic nitrogens is 1. The summed E-state index contributed by atoms with van der Waals surface area (Å²) in [6.45, 7) is 4.75. The number of pyridine rings is 1. The molecule has 0 radical (unpaired) electrons. The SMILES string of the molecule is CCNC(C)CC(=O)Nc1ccc(F)nc1. The van der Waals surface area contributed by atoms with Crippen LogP contribution >= 0.6 is 0 Å². The van der Waals surface area contributed by atoms with Crippen LogP contribution in [0.2, 0.25) is 0 Å². The summed E-state index contributed by atoms with van der Waals surface area (Å²) in [6.07, 6.45) is 1.68. The third-order valence-corrected chi connectivity index (χ3v) is 2.06. The molecule has 0 aromatic carbocycles. The molecule has 1 aromatic rings. The van der Waals surface area contributed by atoms with Gasteiger partial charge in [0.15, 0.2) is 0 Å². The monoisotopic (exact) mass is 225 g/mol. The Labute approximate surface area is 94.3 Å². The zero-order valence-corrected chi connectivity index (χ0v) is 9.46. The lowest BCUT2D eigenvalue weighted by atomic mass is 10.2. The van der Waals surface area contributed by atoms with Crippen LogP contribution in [0.1, 0.15) is 20.3 Å². The molecule has 4 nitrogen and oxygen atoms in total. The first-order valence-electron chi connectivity index (χ1n) is 5.26. The van der Waals surface area contributed by atoms with Gasteiger partial charge in [0, 0.05) is 12.5 Å². The predicted molar refractivity (Wildman–Crippen MR) is 60.6 cm³/mol. The number of anilines is 1. The van der Waals surface area contributed by atoms with Crippen LogP contribution in [0.25, 0.3) is 0 Å². The van der Waals surface area contributed by atoms with Crippen LogP contribution in [0.3, 0.4) is 0 Å². The molecule has 1 heterocycles. The summed E-state index contributed by atoms with van der Waals surface area (Å²) in [5.41, 5.74) is 0.509. The lowest BCUT2D eigenvalue weighted by molar-refractivity contribution is -0.116. The Morgan fingerprint density at radius 1 is 1.56 bits per heavy atom. The van der Waals surface area contributed by atoms with Crippen molar-refractivity contribution in [3.05, 3.63) is 24.3 Å². The molecule has 1 atom stereocenters. The first-order valence-corrected chi connectivity index (χ1v) is 5.26. The highest BCUT2D eigenvalue weighted by Gasteiger charge is 2.08. The molecule has 0 bridgehead atoms. The quantitative estimate of drug-likeness (QED) is 0.747. The molecule has 88 valence electrons. The smallest absolute Gasteiger partial charge is 0.225 e. The van der Waals surface area contributed by atoms with E-state index in [1.807, 2.05) is 13.8 Å². The Kier molecular flexibility index (Phi) is 4.85.